The summed E-state index contributed by atoms with van der Waals surface area (Å²) < 4.78 is 26.8. The standard InChI is InChI=1S/C20H20N4O2S.2ClH/c1-13(21)12-22-15-9-10-18-17(11-15)20(24-23-18)27(25,26)19-8-4-6-14-5-2-3-7-16(14)19;;/h2-11,13,22H,12,21H2,1H3,(H,23,24);2*1H. The van der Waals surface area contributed by atoms with Gasteiger partial charge in [-0.25, -0.2) is 8.42 Å². The number of benzene rings is 3. The van der Waals surface area contributed by atoms with Crippen LogP contribution in [0.1, 0.15) is 6.92 Å². The van der Waals surface area contributed by atoms with Gasteiger partial charge >= 0.3 is 0 Å². The van der Waals surface area contributed by atoms with E-state index in [1.807, 2.05) is 43.3 Å². The lowest BCUT2D eigenvalue weighted by atomic mass is 10.1. The molecule has 4 rings (SSSR count). The average molecular weight is 453 g/mol. The van der Waals surface area contributed by atoms with Gasteiger partial charge in [0, 0.05) is 29.0 Å². The third kappa shape index (κ3) is 4.33. The molecule has 154 valence electrons. The van der Waals surface area contributed by atoms with Crippen molar-refractivity contribution < 1.29 is 8.42 Å². The summed E-state index contributed by atoms with van der Waals surface area (Å²) in [7, 11) is -3.77. The molecule has 0 aliphatic carbocycles. The van der Waals surface area contributed by atoms with Crippen molar-refractivity contribution in [2.45, 2.75) is 22.9 Å². The number of aromatic amines is 1. The monoisotopic (exact) mass is 452 g/mol. The van der Waals surface area contributed by atoms with E-state index in [-0.39, 0.29) is 40.8 Å². The van der Waals surface area contributed by atoms with Crippen LogP contribution in [0.3, 0.4) is 0 Å². The lowest BCUT2D eigenvalue weighted by molar-refractivity contribution is 0.593. The Morgan fingerprint density at radius 1 is 1.03 bits per heavy atom. The van der Waals surface area contributed by atoms with Crippen LogP contribution in [0.25, 0.3) is 21.7 Å². The Bertz CT molecular complexity index is 1230. The number of sulfone groups is 1. The van der Waals surface area contributed by atoms with Crippen LogP contribution in [0.4, 0.5) is 5.69 Å². The maximum absolute atomic E-state index is 13.4. The Morgan fingerprint density at radius 3 is 2.52 bits per heavy atom. The number of rotatable bonds is 5. The van der Waals surface area contributed by atoms with Gasteiger partial charge < -0.3 is 11.1 Å². The van der Waals surface area contributed by atoms with Crippen molar-refractivity contribution >= 4 is 62.0 Å². The molecule has 4 aromatic rings. The van der Waals surface area contributed by atoms with Crippen molar-refractivity contribution in [3.05, 3.63) is 60.7 Å². The molecule has 1 heterocycles. The van der Waals surface area contributed by atoms with Gasteiger partial charge in [0.05, 0.1) is 10.4 Å². The molecule has 4 N–H and O–H groups in total. The van der Waals surface area contributed by atoms with Crippen LogP contribution in [0.15, 0.2) is 70.6 Å². The van der Waals surface area contributed by atoms with Crippen LogP contribution in [-0.2, 0) is 9.84 Å². The number of hydrogen-bond donors (Lipinski definition) is 3. The number of H-pyrrole nitrogens is 1. The summed E-state index contributed by atoms with van der Waals surface area (Å²) >= 11 is 0. The first-order chi connectivity index (χ1) is 13.0. The van der Waals surface area contributed by atoms with Crippen LogP contribution in [0, 0.1) is 0 Å². The zero-order valence-electron chi connectivity index (χ0n) is 15.6. The van der Waals surface area contributed by atoms with E-state index in [2.05, 4.69) is 15.5 Å². The highest BCUT2D eigenvalue weighted by Gasteiger charge is 2.25. The highest BCUT2D eigenvalue weighted by molar-refractivity contribution is 7.91. The van der Waals surface area contributed by atoms with E-state index in [0.29, 0.717) is 22.8 Å². The Labute approximate surface area is 181 Å². The first kappa shape index (κ1) is 23.0. The van der Waals surface area contributed by atoms with Crippen molar-refractivity contribution in [1.82, 2.24) is 10.2 Å². The molecule has 0 radical (unpaired) electrons. The molecule has 6 nitrogen and oxygen atoms in total. The van der Waals surface area contributed by atoms with Crippen molar-refractivity contribution in [2.24, 2.45) is 5.73 Å². The Kier molecular flexibility index (Phi) is 7.13. The van der Waals surface area contributed by atoms with Gasteiger partial charge in [0.2, 0.25) is 9.84 Å². The van der Waals surface area contributed by atoms with E-state index in [1.165, 1.54) is 0 Å². The number of anilines is 1. The molecule has 1 unspecified atom stereocenters. The Balaban J connectivity index is 0.00000150. The third-order valence-corrected chi connectivity index (χ3v) is 6.24. The van der Waals surface area contributed by atoms with E-state index in [0.717, 1.165) is 11.1 Å². The van der Waals surface area contributed by atoms with E-state index in [9.17, 15) is 8.42 Å². The second kappa shape index (κ2) is 9.00. The Hall–Kier alpha value is -2.32. The van der Waals surface area contributed by atoms with Crippen molar-refractivity contribution in [3.63, 3.8) is 0 Å². The van der Waals surface area contributed by atoms with Gasteiger partial charge in [-0.15, -0.1) is 24.8 Å². The number of halogens is 2. The minimum Gasteiger partial charge on any atom is -0.383 e. The molecule has 0 aliphatic rings. The number of aromatic nitrogens is 2. The SMILES string of the molecule is CC(N)CNc1ccc2n[nH]c(S(=O)(=O)c3cccc4ccccc34)c2c1.Cl.Cl. The molecule has 0 saturated heterocycles. The topological polar surface area (TPSA) is 101 Å². The normalized spacial score (nSPS) is 12.2. The first-order valence-corrected chi connectivity index (χ1v) is 10.2. The fourth-order valence-electron chi connectivity index (χ4n) is 3.12. The van der Waals surface area contributed by atoms with E-state index < -0.39 is 9.84 Å². The van der Waals surface area contributed by atoms with Crippen molar-refractivity contribution in [1.29, 1.82) is 0 Å². The number of fused-ring (bicyclic) bond motifs is 2. The summed E-state index contributed by atoms with van der Waals surface area (Å²) in [5.74, 6) is 0. The molecule has 29 heavy (non-hydrogen) atoms. The van der Waals surface area contributed by atoms with E-state index in [4.69, 9.17) is 5.73 Å². The number of nitrogens with two attached hydrogens (primary N) is 1. The molecule has 1 atom stereocenters. The molecule has 0 aliphatic heterocycles. The minimum atomic E-state index is -3.77. The number of nitrogens with one attached hydrogen (secondary N) is 2. The molecule has 3 aromatic carbocycles. The molecule has 0 saturated carbocycles. The second-order valence-corrected chi connectivity index (χ2v) is 8.48. The van der Waals surface area contributed by atoms with Gasteiger partial charge in [-0.1, -0.05) is 36.4 Å². The van der Waals surface area contributed by atoms with Gasteiger partial charge in [-0.2, -0.15) is 5.10 Å². The number of nitrogens with zero attached hydrogens (tertiary/aromatic N) is 1. The summed E-state index contributed by atoms with van der Waals surface area (Å²) in [6.07, 6.45) is 0. The van der Waals surface area contributed by atoms with Crippen molar-refractivity contribution in [3.8, 4) is 0 Å². The fraction of sp³-hybridized carbons (Fsp3) is 0.150. The minimum absolute atomic E-state index is 0. The molecular formula is C20H22Cl2N4O2S. The summed E-state index contributed by atoms with van der Waals surface area (Å²) in [5, 5.41) is 12.3. The molecule has 0 bridgehead atoms. The summed E-state index contributed by atoms with van der Waals surface area (Å²) in [5.41, 5.74) is 7.18. The quantitative estimate of drug-likeness (QED) is 0.422. The zero-order chi connectivity index (χ0) is 19.0. The summed E-state index contributed by atoms with van der Waals surface area (Å²) in [6, 6.07) is 18.1. The second-order valence-electron chi connectivity index (χ2n) is 6.62. The molecule has 9 heteroatoms. The van der Waals surface area contributed by atoms with Crippen LogP contribution in [-0.4, -0.2) is 31.2 Å². The Morgan fingerprint density at radius 2 is 1.76 bits per heavy atom. The van der Waals surface area contributed by atoms with Gasteiger partial charge in [-0.3, -0.25) is 5.10 Å². The molecule has 1 aromatic heterocycles. The maximum atomic E-state index is 13.4. The highest BCUT2D eigenvalue weighted by atomic mass is 35.5. The zero-order valence-corrected chi connectivity index (χ0v) is 18.1. The summed E-state index contributed by atoms with van der Waals surface area (Å²) in [4.78, 5) is 0.264. The molecule has 0 fully saturated rings. The van der Waals surface area contributed by atoms with Gasteiger partial charge in [-0.05, 0) is 36.6 Å². The van der Waals surface area contributed by atoms with E-state index >= 15 is 0 Å². The molecule has 0 spiro atoms. The summed E-state index contributed by atoms with van der Waals surface area (Å²) in [6.45, 7) is 2.49. The van der Waals surface area contributed by atoms with Crippen LogP contribution in [0.5, 0.6) is 0 Å². The van der Waals surface area contributed by atoms with E-state index in [1.54, 1.807) is 24.3 Å². The lowest BCUT2D eigenvalue weighted by Crippen LogP contribution is -2.25. The van der Waals surface area contributed by atoms with Gasteiger partial charge in [0.15, 0.2) is 5.03 Å². The molecule has 0 amide bonds. The first-order valence-electron chi connectivity index (χ1n) is 8.67. The van der Waals surface area contributed by atoms with Gasteiger partial charge in [0.1, 0.15) is 0 Å². The lowest BCUT2D eigenvalue weighted by Gasteiger charge is -2.10. The smallest absolute Gasteiger partial charge is 0.224 e. The highest BCUT2D eigenvalue weighted by Crippen LogP contribution is 2.32. The van der Waals surface area contributed by atoms with Gasteiger partial charge in [0.25, 0.3) is 0 Å². The third-order valence-electron chi connectivity index (χ3n) is 4.46. The predicted molar refractivity (Wildman–Crippen MR) is 122 cm³/mol. The number of hydrogen-bond acceptors (Lipinski definition) is 5. The molecular weight excluding hydrogens is 431 g/mol. The predicted octanol–water partition coefficient (Wildman–Crippen LogP) is 4.15. The van der Waals surface area contributed by atoms with Crippen LogP contribution >= 0.6 is 24.8 Å². The van der Waals surface area contributed by atoms with Crippen LogP contribution in [0.2, 0.25) is 0 Å². The average Bonchev–Trinajstić information content (AvgIpc) is 3.10. The fourth-order valence-corrected chi connectivity index (χ4v) is 4.69. The van der Waals surface area contributed by atoms with Crippen molar-refractivity contribution in [2.75, 3.05) is 11.9 Å². The largest absolute Gasteiger partial charge is 0.383 e. The van der Waals surface area contributed by atoms with Crippen LogP contribution < -0.4 is 11.1 Å². The maximum Gasteiger partial charge on any atom is 0.224 e.